The Kier molecular flexibility index (Phi) is 8.75. The van der Waals surface area contributed by atoms with Crippen LogP contribution in [-0.2, 0) is 19.3 Å². The monoisotopic (exact) mass is 686 g/mol. The molecule has 0 heterocycles. The van der Waals surface area contributed by atoms with Gasteiger partial charge in [0.05, 0.1) is 0 Å². The van der Waals surface area contributed by atoms with Gasteiger partial charge in [0.25, 0.3) is 0 Å². The van der Waals surface area contributed by atoms with Crippen molar-refractivity contribution in [2.75, 3.05) is 0 Å². The Hall–Kier alpha value is -5.15. The van der Waals surface area contributed by atoms with Crippen LogP contribution in [0, 0.1) is 48.8 Å². The minimum absolute atomic E-state index is 0.00331. The lowest BCUT2D eigenvalue weighted by Crippen LogP contribution is -2.52. The van der Waals surface area contributed by atoms with E-state index < -0.39 is 54.2 Å². The highest BCUT2D eigenvalue weighted by atomic mass is 32.2. The lowest BCUT2D eigenvalue weighted by Gasteiger charge is -2.46. The predicted octanol–water partition coefficient (Wildman–Crippen LogP) is 9.84. The second-order valence-corrected chi connectivity index (χ2v) is 14.0. The SMILES string of the molecule is Cc1cc(F)ccc1C(c1ccc(F)cc1)(c1ccc(F)cc1)S(=O)(=O)C(c1ccc(F)cc1)(c1ccc(F)cc1)c1ccc(F)cc1C. The fraction of sp³-hybridized carbons (Fsp3) is 0.100. The van der Waals surface area contributed by atoms with E-state index in [-0.39, 0.29) is 44.5 Å². The van der Waals surface area contributed by atoms with Crippen molar-refractivity contribution in [2.24, 2.45) is 0 Å². The number of hydrogen-bond acceptors (Lipinski definition) is 2. The third-order valence-corrected chi connectivity index (χ3v) is 11.9. The largest absolute Gasteiger partial charge is 0.226 e. The van der Waals surface area contributed by atoms with Crippen molar-refractivity contribution in [3.63, 3.8) is 0 Å². The van der Waals surface area contributed by atoms with Crippen LogP contribution in [-0.4, -0.2) is 8.42 Å². The highest BCUT2D eigenvalue weighted by Gasteiger charge is 2.62. The van der Waals surface area contributed by atoms with Gasteiger partial charge >= 0.3 is 0 Å². The van der Waals surface area contributed by atoms with Crippen LogP contribution >= 0.6 is 0 Å². The molecular weight excluding hydrogens is 658 g/mol. The predicted molar refractivity (Wildman–Crippen MR) is 177 cm³/mol. The van der Waals surface area contributed by atoms with E-state index in [9.17, 15) is 26.3 Å². The topological polar surface area (TPSA) is 34.1 Å². The molecule has 49 heavy (non-hydrogen) atoms. The Morgan fingerprint density at radius 3 is 0.816 bits per heavy atom. The van der Waals surface area contributed by atoms with E-state index in [2.05, 4.69) is 0 Å². The molecule has 6 rings (SSSR count). The average Bonchev–Trinajstić information content (AvgIpc) is 3.06. The molecule has 0 aliphatic carbocycles. The maximum atomic E-state index is 16.7. The summed E-state index contributed by atoms with van der Waals surface area (Å²) >= 11 is 0. The normalized spacial score (nSPS) is 12.2. The van der Waals surface area contributed by atoms with Gasteiger partial charge in [0.2, 0.25) is 0 Å². The first-order valence-corrected chi connectivity index (χ1v) is 16.6. The van der Waals surface area contributed by atoms with E-state index >= 15 is 8.42 Å². The van der Waals surface area contributed by atoms with Crippen molar-refractivity contribution in [3.05, 3.63) is 213 Å². The number of hydrogen-bond donors (Lipinski definition) is 0. The smallest absolute Gasteiger partial charge is 0.186 e. The van der Waals surface area contributed by atoms with Crippen LogP contribution in [0.4, 0.5) is 26.3 Å². The first-order valence-electron chi connectivity index (χ1n) is 15.1. The summed E-state index contributed by atoms with van der Waals surface area (Å²) in [6.45, 7) is 3.02. The van der Waals surface area contributed by atoms with E-state index in [0.29, 0.717) is 0 Å². The zero-order valence-corrected chi connectivity index (χ0v) is 27.0. The molecule has 0 saturated heterocycles. The zero-order valence-electron chi connectivity index (χ0n) is 26.2. The van der Waals surface area contributed by atoms with Crippen LogP contribution in [0.1, 0.15) is 44.5 Å². The van der Waals surface area contributed by atoms with Crippen molar-refractivity contribution < 1.29 is 34.8 Å². The molecule has 0 aliphatic rings. The number of benzene rings is 6. The van der Waals surface area contributed by atoms with Crippen molar-refractivity contribution in [1.82, 2.24) is 0 Å². The zero-order chi connectivity index (χ0) is 35.1. The molecule has 0 aliphatic heterocycles. The Morgan fingerprint density at radius 1 is 0.367 bits per heavy atom. The van der Waals surface area contributed by atoms with Crippen LogP contribution in [0.5, 0.6) is 0 Å². The lowest BCUT2D eigenvalue weighted by atomic mass is 9.80. The lowest BCUT2D eigenvalue weighted by molar-refractivity contribution is 0.542. The Balaban J connectivity index is 1.94. The summed E-state index contributed by atoms with van der Waals surface area (Å²) in [4.78, 5) is 0. The van der Waals surface area contributed by atoms with Crippen LogP contribution < -0.4 is 0 Å². The van der Waals surface area contributed by atoms with E-state index in [1.165, 1.54) is 74.5 Å². The number of aryl methyl sites for hydroxylation is 2. The summed E-state index contributed by atoms with van der Waals surface area (Å²) < 4.78 is 117. The third kappa shape index (κ3) is 5.42. The number of rotatable bonds is 8. The Morgan fingerprint density at radius 2 is 0.592 bits per heavy atom. The standard InChI is InChI=1S/C40H28F6O2S/c1-25-23-35(45)19-21-37(25)39(27-3-11-31(41)12-4-27,28-5-13-32(42)14-6-28)49(47,48)40(29-7-15-33(43)16-8-29,30-9-17-34(44)18-10-30)38-22-20-36(46)24-26(38)2/h3-24H,1-2H3. The van der Waals surface area contributed by atoms with Crippen LogP contribution in [0.25, 0.3) is 0 Å². The average molecular weight is 687 g/mol. The van der Waals surface area contributed by atoms with Gasteiger partial charge in [-0.2, -0.15) is 0 Å². The summed E-state index contributed by atoms with van der Waals surface area (Å²) in [5, 5.41) is 0. The molecule has 0 radical (unpaired) electrons. The molecule has 0 bridgehead atoms. The molecule has 0 amide bonds. The van der Waals surface area contributed by atoms with E-state index in [1.54, 1.807) is 0 Å². The van der Waals surface area contributed by atoms with Crippen molar-refractivity contribution in [3.8, 4) is 0 Å². The maximum Gasteiger partial charge on any atom is 0.186 e. The molecule has 6 aromatic rings. The molecule has 0 saturated carbocycles. The van der Waals surface area contributed by atoms with E-state index in [0.717, 1.165) is 72.8 Å². The Labute approximate surface area is 280 Å². The minimum Gasteiger partial charge on any atom is -0.226 e. The van der Waals surface area contributed by atoms with Gasteiger partial charge in [-0.05, 0) is 131 Å². The van der Waals surface area contributed by atoms with Gasteiger partial charge in [-0.1, -0.05) is 60.7 Å². The highest BCUT2D eigenvalue weighted by molar-refractivity contribution is 7.94. The van der Waals surface area contributed by atoms with Gasteiger partial charge in [0.15, 0.2) is 9.84 Å². The summed E-state index contributed by atoms with van der Waals surface area (Å²) in [7, 11) is -5.16. The summed E-state index contributed by atoms with van der Waals surface area (Å²) in [6.07, 6.45) is 0. The van der Waals surface area contributed by atoms with Gasteiger partial charge in [0.1, 0.15) is 44.4 Å². The molecule has 0 unspecified atom stereocenters. The van der Waals surface area contributed by atoms with Crippen LogP contribution in [0.2, 0.25) is 0 Å². The molecule has 0 N–H and O–H groups in total. The minimum atomic E-state index is -5.16. The third-order valence-electron chi connectivity index (χ3n) is 8.94. The quantitative estimate of drug-likeness (QED) is 0.118. The second-order valence-electron chi connectivity index (χ2n) is 11.8. The fourth-order valence-electron chi connectivity index (χ4n) is 6.88. The molecule has 0 atom stereocenters. The van der Waals surface area contributed by atoms with Gasteiger partial charge in [0, 0.05) is 0 Å². The number of halogens is 6. The summed E-state index contributed by atoms with van der Waals surface area (Å²) in [5.74, 6) is -4.04. The molecule has 0 aromatic heterocycles. The van der Waals surface area contributed by atoms with Crippen molar-refractivity contribution in [2.45, 2.75) is 23.3 Å². The molecule has 2 nitrogen and oxygen atoms in total. The van der Waals surface area contributed by atoms with E-state index in [4.69, 9.17) is 0 Å². The molecule has 9 heteroatoms. The second kappa shape index (κ2) is 12.7. The highest BCUT2D eigenvalue weighted by Crippen LogP contribution is 2.57. The van der Waals surface area contributed by atoms with Crippen LogP contribution in [0.15, 0.2) is 133 Å². The van der Waals surface area contributed by atoms with Crippen LogP contribution in [0.3, 0.4) is 0 Å². The van der Waals surface area contributed by atoms with E-state index in [1.807, 2.05) is 0 Å². The summed E-state index contributed by atoms with van der Waals surface area (Å²) in [5.41, 5.74) is 0.459. The molecule has 0 fully saturated rings. The van der Waals surface area contributed by atoms with Gasteiger partial charge in [-0.25, -0.2) is 34.8 Å². The van der Waals surface area contributed by atoms with Gasteiger partial charge < -0.3 is 0 Å². The fourth-order valence-corrected chi connectivity index (χ4v) is 10.2. The van der Waals surface area contributed by atoms with Crippen molar-refractivity contribution >= 4 is 9.84 Å². The summed E-state index contributed by atoms with van der Waals surface area (Å²) in [6, 6.07) is 25.8. The van der Waals surface area contributed by atoms with Gasteiger partial charge in [-0.3, -0.25) is 0 Å². The van der Waals surface area contributed by atoms with Crippen molar-refractivity contribution in [1.29, 1.82) is 0 Å². The molecule has 0 spiro atoms. The molecule has 6 aromatic carbocycles. The molecule has 248 valence electrons. The first-order chi connectivity index (χ1) is 23.3. The maximum absolute atomic E-state index is 16.7. The first kappa shape index (κ1) is 33.7. The molecular formula is C40H28F6O2S. The Bertz CT molecular complexity index is 2000. The van der Waals surface area contributed by atoms with Gasteiger partial charge in [-0.15, -0.1) is 0 Å². The number of sulfone groups is 1.